The number of fused-ring (bicyclic) bond motifs is 2. The van der Waals surface area contributed by atoms with E-state index in [1.54, 1.807) is 43.3 Å². The molecule has 0 fully saturated rings. The lowest BCUT2D eigenvalue weighted by Crippen LogP contribution is -2.20. The van der Waals surface area contributed by atoms with Gasteiger partial charge in [-0.15, -0.1) is 0 Å². The van der Waals surface area contributed by atoms with Crippen molar-refractivity contribution in [1.82, 2.24) is 0 Å². The van der Waals surface area contributed by atoms with Crippen molar-refractivity contribution in [3.05, 3.63) is 52.2 Å². The second-order valence-corrected chi connectivity index (χ2v) is 5.64. The molecule has 0 N–H and O–H groups in total. The number of hydrogen-bond acceptors (Lipinski definition) is 6. The average molecular weight is 337 g/mol. The van der Waals surface area contributed by atoms with Crippen LogP contribution >= 0.6 is 0 Å². The van der Waals surface area contributed by atoms with E-state index >= 15 is 0 Å². The number of carbonyl (C=O) groups excluding carboxylic acids is 1. The molecule has 3 rings (SSSR count). The van der Waals surface area contributed by atoms with E-state index in [9.17, 15) is 9.59 Å². The predicted molar refractivity (Wildman–Crippen MR) is 91.4 cm³/mol. The van der Waals surface area contributed by atoms with Gasteiger partial charge in [0.1, 0.15) is 29.6 Å². The molecule has 0 saturated carbocycles. The first-order valence-electron chi connectivity index (χ1n) is 7.68. The highest BCUT2D eigenvalue weighted by Crippen LogP contribution is 2.23. The van der Waals surface area contributed by atoms with Crippen LogP contribution in [-0.4, -0.2) is 18.7 Å². The van der Waals surface area contributed by atoms with Gasteiger partial charge >= 0.3 is 5.97 Å². The lowest BCUT2D eigenvalue weighted by molar-refractivity contribution is -0.146. The quantitative estimate of drug-likeness (QED) is 0.537. The topological polar surface area (TPSA) is 89.5 Å². The van der Waals surface area contributed by atoms with E-state index in [0.29, 0.717) is 33.3 Å². The van der Waals surface area contributed by atoms with Gasteiger partial charge in [0.25, 0.3) is 0 Å². The lowest BCUT2D eigenvalue weighted by Gasteiger charge is -2.13. The summed E-state index contributed by atoms with van der Waals surface area (Å²) in [5.41, 5.74) is 1.01. The molecule has 0 saturated heterocycles. The van der Waals surface area contributed by atoms with Gasteiger partial charge in [-0.25, -0.2) is 0 Å². The summed E-state index contributed by atoms with van der Waals surface area (Å²) < 4.78 is 16.3. The summed E-state index contributed by atoms with van der Waals surface area (Å²) in [5, 5.41) is 9.74. The highest BCUT2D eigenvalue weighted by Gasteiger charge is 2.11. The summed E-state index contributed by atoms with van der Waals surface area (Å²) in [4.78, 5) is 23.6. The molecular formula is C19H15NO5. The standard InChI is InChI=1S/C19H15NO5/c1-11(24-12(2)21)10-23-14-4-6-17-16(8-14)19(22)15-5-3-13(9-20)7-18(15)25-17/h3-8,11H,10H2,1-2H3. The number of hydrogen-bond donors (Lipinski definition) is 0. The Balaban J connectivity index is 1.96. The van der Waals surface area contributed by atoms with Crippen LogP contribution in [0.2, 0.25) is 0 Å². The Hall–Kier alpha value is -3.33. The zero-order valence-electron chi connectivity index (χ0n) is 13.7. The Kier molecular flexibility index (Phi) is 4.40. The minimum Gasteiger partial charge on any atom is -0.490 e. The van der Waals surface area contributed by atoms with Gasteiger partial charge in [0, 0.05) is 6.92 Å². The minimum absolute atomic E-state index is 0.176. The Morgan fingerprint density at radius 1 is 1.20 bits per heavy atom. The Bertz CT molecular complexity index is 1060. The van der Waals surface area contributed by atoms with Gasteiger partial charge in [-0.1, -0.05) is 0 Å². The van der Waals surface area contributed by atoms with E-state index in [4.69, 9.17) is 19.2 Å². The van der Waals surface area contributed by atoms with Crippen LogP contribution in [0.15, 0.2) is 45.6 Å². The van der Waals surface area contributed by atoms with Gasteiger partial charge in [0.15, 0.2) is 0 Å². The van der Waals surface area contributed by atoms with Crippen LogP contribution in [0, 0.1) is 11.3 Å². The van der Waals surface area contributed by atoms with Gasteiger partial charge in [-0.2, -0.15) is 5.26 Å². The van der Waals surface area contributed by atoms with Crippen molar-refractivity contribution in [3.8, 4) is 11.8 Å². The summed E-state index contributed by atoms with van der Waals surface area (Å²) in [7, 11) is 0. The van der Waals surface area contributed by atoms with E-state index in [1.807, 2.05) is 6.07 Å². The third kappa shape index (κ3) is 3.45. The van der Waals surface area contributed by atoms with Crippen molar-refractivity contribution in [2.75, 3.05) is 6.61 Å². The second-order valence-electron chi connectivity index (χ2n) is 5.64. The largest absolute Gasteiger partial charge is 0.490 e. The van der Waals surface area contributed by atoms with Crippen molar-refractivity contribution in [2.24, 2.45) is 0 Å². The minimum atomic E-state index is -0.398. The summed E-state index contributed by atoms with van der Waals surface area (Å²) >= 11 is 0. The normalized spacial score (nSPS) is 11.9. The molecule has 1 heterocycles. The third-order valence-electron chi connectivity index (χ3n) is 3.62. The molecule has 1 unspecified atom stereocenters. The average Bonchev–Trinajstić information content (AvgIpc) is 2.59. The van der Waals surface area contributed by atoms with Crippen LogP contribution in [0.3, 0.4) is 0 Å². The van der Waals surface area contributed by atoms with Crippen LogP contribution in [0.1, 0.15) is 19.4 Å². The van der Waals surface area contributed by atoms with E-state index in [-0.39, 0.29) is 18.0 Å². The smallest absolute Gasteiger partial charge is 0.303 e. The maximum absolute atomic E-state index is 12.7. The van der Waals surface area contributed by atoms with Crippen molar-refractivity contribution < 1.29 is 18.7 Å². The molecule has 0 bridgehead atoms. The molecular weight excluding hydrogens is 322 g/mol. The van der Waals surface area contributed by atoms with E-state index in [0.717, 1.165) is 0 Å². The molecule has 6 nitrogen and oxygen atoms in total. The number of ether oxygens (including phenoxy) is 2. The summed E-state index contributed by atoms with van der Waals surface area (Å²) in [6.07, 6.45) is -0.398. The van der Waals surface area contributed by atoms with Crippen LogP contribution in [0.5, 0.6) is 5.75 Å². The van der Waals surface area contributed by atoms with Gasteiger partial charge < -0.3 is 13.9 Å². The fourth-order valence-electron chi connectivity index (χ4n) is 2.52. The molecule has 3 aromatic rings. The highest BCUT2D eigenvalue weighted by atomic mass is 16.6. The summed E-state index contributed by atoms with van der Waals surface area (Å²) in [6.45, 7) is 3.23. The third-order valence-corrected chi connectivity index (χ3v) is 3.62. The number of nitriles is 1. The molecule has 25 heavy (non-hydrogen) atoms. The number of nitrogens with zero attached hydrogens (tertiary/aromatic N) is 1. The van der Waals surface area contributed by atoms with Crippen LogP contribution in [-0.2, 0) is 9.53 Å². The van der Waals surface area contributed by atoms with Crippen molar-refractivity contribution in [1.29, 1.82) is 5.26 Å². The molecule has 6 heteroatoms. The zero-order valence-corrected chi connectivity index (χ0v) is 13.7. The van der Waals surface area contributed by atoms with Crippen molar-refractivity contribution in [3.63, 3.8) is 0 Å². The van der Waals surface area contributed by atoms with Gasteiger partial charge in [0.05, 0.1) is 22.4 Å². The van der Waals surface area contributed by atoms with E-state index in [2.05, 4.69) is 0 Å². The highest BCUT2D eigenvalue weighted by molar-refractivity contribution is 5.90. The van der Waals surface area contributed by atoms with Crippen molar-refractivity contribution in [2.45, 2.75) is 20.0 Å². The van der Waals surface area contributed by atoms with Gasteiger partial charge in [-0.05, 0) is 43.3 Å². The summed E-state index contributed by atoms with van der Waals surface area (Å²) in [5.74, 6) is 0.102. The Labute approximate surface area is 143 Å². The molecule has 0 aliphatic carbocycles. The number of carbonyl (C=O) groups is 1. The molecule has 0 spiro atoms. The SMILES string of the molecule is CC(=O)OC(C)COc1ccc2oc3cc(C#N)ccc3c(=O)c2c1. The first-order valence-corrected chi connectivity index (χ1v) is 7.68. The van der Waals surface area contributed by atoms with Gasteiger partial charge in [-0.3, -0.25) is 9.59 Å². The summed E-state index contributed by atoms with van der Waals surface area (Å²) in [6, 6.07) is 11.6. The molecule has 0 amide bonds. The molecule has 126 valence electrons. The monoisotopic (exact) mass is 337 g/mol. The van der Waals surface area contributed by atoms with E-state index < -0.39 is 6.10 Å². The second kappa shape index (κ2) is 6.65. The maximum Gasteiger partial charge on any atom is 0.303 e. The van der Waals surface area contributed by atoms with E-state index in [1.165, 1.54) is 6.92 Å². The van der Waals surface area contributed by atoms with Crippen LogP contribution < -0.4 is 10.2 Å². The molecule has 0 radical (unpaired) electrons. The first-order chi connectivity index (χ1) is 12.0. The van der Waals surface area contributed by atoms with Crippen molar-refractivity contribution >= 4 is 27.9 Å². The fraction of sp³-hybridized carbons (Fsp3) is 0.211. The Morgan fingerprint density at radius 3 is 2.72 bits per heavy atom. The molecule has 1 aromatic heterocycles. The first kappa shape index (κ1) is 16.5. The van der Waals surface area contributed by atoms with Crippen LogP contribution in [0.25, 0.3) is 21.9 Å². The molecule has 0 aliphatic heterocycles. The van der Waals surface area contributed by atoms with Gasteiger partial charge in [0.2, 0.25) is 5.43 Å². The lowest BCUT2D eigenvalue weighted by atomic mass is 10.1. The number of benzene rings is 2. The maximum atomic E-state index is 12.7. The number of esters is 1. The molecule has 0 aliphatic rings. The molecule has 1 atom stereocenters. The fourth-order valence-corrected chi connectivity index (χ4v) is 2.52. The van der Waals surface area contributed by atoms with Crippen LogP contribution in [0.4, 0.5) is 0 Å². The zero-order chi connectivity index (χ0) is 18.0. The predicted octanol–water partition coefficient (Wildman–Crippen LogP) is 3.15. The Morgan fingerprint density at radius 2 is 2.00 bits per heavy atom. The molecule has 2 aromatic carbocycles. The number of rotatable bonds is 4.